The van der Waals surface area contributed by atoms with Crippen molar-refractivity contribution >= 4 is 35.0 Å². The number of benzene rings is 2. The first-order chi connectivity index (χ1) is 11.0. The number of rotatable bonds is 4. The van der Waals surface area contributed by atoms with Crippen LogP contribution in [0.25, 0.3) is 0 Å². The maximum Gasteiger partial charge on any atom is 0.276 e. The van der Waals surface area contributed by atoms with E-state index in [1.807, 2.05) is 0 Å². The van der Waals surface area contributed by atoms with Gasteiger partial charge in [-0.1, -0.05) is 35.3 Å². The Morgan fingerprint density at radius 3 is 2.57 bits per heavy atom. The van der Waals surface area contributed by atoms with Crippen molar-refractivity contribution in [3.63, 3.8) is 0 Å². The zero-order chi connectivity index (χ0) is 16.8. The first kappa shape index (κ1) is 16.9. The van der Waals surface area contributed by atoms with Gasteiger partial charge in [0.25, 0.3) is 11.8 Å². The predicted molar refractivity (Wildman–Crippen MR) is 85.7 cm³/mol. The molecule has 2 rings (SSSR count). The number of hydrogen-bond acceptors (Lipinski definition) is 4. The lowest BCUT2D eigenvalue weighted by Gasteiger charge is -2.10. The Bertz CT molecular complexity index is 737. The van der Waals surface area contributed by atoms with E-state index in [9.17, 15) is 14.7 Å². The third kappa shape index (κ3) is 4.77. The van der Waals surface area contributed by atoms with Gasteiger partial charge in [-0.15, -0.1) is 0 Å². The Hall–Kier alpha value is -2.44. The molecule has 0 spiro atoms. The fourth-order valence-corrected chi connectivity index (χ4v) is 1.96. The SMILES string of the molecule is O=C(COc1cc(Cl)ccc1Cl)NNC(=O)c1ccccc1O. The first-order valence-electron chi connectivity index (χ1n) is 6.42. The van der Waals surface area contributed by atoms with Gasteiger partial charge in [0.1, 0.15) is 11.5 Å². The number of aromatic hydroxyl groups is 1. The number of phenols is 1. The Morgan fingerprint density at radius 1 is 1.09 bits per heavy atom. The third-order valence-corrected chi connectivity index (χ3v) is 3.26. The Kier molecular flexibility index (Phi) is 5.67. The highest BCUT2D eigenvalue weighted by Crippen LogP contribution is 2.27. The van der Waals surface area contributed by atoms with Crippen LogP contribution in [0, 0.1) is 0 Å². The summed E-state index contributed by atoms with van der Waals surface area (Å²) in [5, 5.41) is 10.2. The van der Waals surface area contributed by atoms with Crippen LogP contribution in [0.3, 0.4) is 0 Å². The second-order valence-corrected chi connectivity index (χ2v) is 5.23. The van der Waals surface area contributed by atoms with Gasteiger partial charge in [-0.25, -0.2) is 0 Å². The fourth-order valence-electron chi connectivity index (χ4n) is 1.63. The summed E-state index contributed by atoms with van der Waals surface area (Å²) in [5.41, 5.74) is 4.36. The lowest BCUT2D eigenvalue weighted by Crippen LogP contribution is -2.43. The van der Waals surface area contributed by atoms with Gasteiger partial charge in [0.2, 0.25) is 0 Å². The smallest absolute Gasteiger partial charge is 0.276 e. The molecule has 8 heteroatoms. The summed E-state index contributed by atoms with van der Waals surface area (Å²) in [6.07, 6.45) is 0. The van der Waals surface area contributed by atoms with E-state index >= 15 is 0 Å². The molecule has 0 radical (unpaired) electrons. The number of hydrogen-bond donors (Lipinski definition) is 3. The molecular formula is C15H12Cl2N2O4. The second kappa shape index (κ2) is 7.71. The molecular weight excluding hydrogens is 343 g/mol. The number of para-hydroxylation sites is 1. The van der Waals surface area contributed by atoms with Crippen molar-refractivity contribution in [3.05, 3.63) is 58.1 Å². The van der Waals surface area contributed by atoms with E-state index in [4.69, 9.17) is 27.9 Å². The van der Waals surface area contributed by atoms with Gasteiger partial charge in [0, 0.05) is 11.1 Å². The highest BCUT2D eigenvalue weighted by atomic mass is 35.5. The number of amides is 2. The van der Waals surface area contributed by atoms with Crippen LogP contribution in [0.5, 0.6) is 11.5 Å². The molecule has 2 aromatic carbocycles. The van der Waals surface area contributed by atoms with Crippen molar-refractivity contribution in [3.8, 4) is 11.5 Å². The first-order valence-corrected chi connectivity index (χ1v) is 7.18. The van der Waals surface area contributed by atoms with Crippen molar-refractivity contribution in [1.82, 2.24) is 10.9 Å². The zero-order valence-corrected chi connectivity index (χ0v) is 13.2. The molecule has 0 fully saturated rings. The zero-order valence-electron chi connectivity index (χ0n) is 11.7. The van der Waals surface area contributed by atoms with E-state index < -0.39 is 11.8 Å². The number of ether oxygens (including phenoxy) is 1. The highest BCUT2D eigenvalue weighted by molar-refractivity contribution is 6.34. The number of carbonyl (C=O) groups excluding carboxylic acids is 2. The van der Waals surface area contributed by atoms with Gasteiger partial charge in [0.05, 0.1) is 10.6 Å². The lowest BCUT2D eigenvalue weighted by atomic mass is 10.2. The molecule has 0 unspecified atom stereocenters. The predicted octanol–water partition coefficient (Wildman–Crippen LogP) is 2.54. The summed E-state index contributed by atoms with van der Waals surface area (Å²) in [4.78, 5) is 23.4. The molecule has 0 saturated heterocycles. The molecule has 2 amide bonds. The molecule has 0 aliphatic rings. The molecule has 0 aromatic heterocycles. The van der Waals surface area contributed by atoms with Crippen LogP contribution in [-0.4, -0.2) is 23.5 Å². The summed E-state index contributed by atoms with van der Waals surface area (Å²) in [6.45, 7) is -0.374. The molecule has 2 aromatic rings. The van der Waals surface area contributed by atoms with Crippen LogP contribution >= 0.6 is 23.2 Å². The minimum atomic E-state index is -0.655. The number of phenolic OH excluding ortho intramolecular Hbond substituents is 1. The Morgan fingerprint density at radius 2 is 1.83 bits per heavy atom. The average Bonchev–Trinajstić information content (AvgIpc) is 2.54. The molecule has 6 nitrogen and oxygen atoms in total. The highest BCUT2D eigenvalue weighted by Gasteiger charge is 2.12. The van der Waals surface area contributed by atoms with Gasteiger partial charge < -0.3 is 9.84 Å². The summed E-state index contributed by atoms with van der Waals surface area (Å²) < 4.78 is 5.21. The van der Waals surface area contributed by atoms with Gasteiger partial charge in [-0.3, -0.25) is 20.4 Å². The van der Waals surface area contributed by atoms with Crippen molar-refractivity contribution in [2.24, 2.45) is 0 Å². The minimum Gasteiger partial charge on any atom is -0.507 e. The van der Waals surface area contributed by atoms with Gasteiger partial charge in [-0.2, -0.15) is 0 Å². The summed E-state index contributed by atoms with van der Waals surface area (Å²) in [5.74, 6) is -1.20. The largest absolute Gasteiger partial charge is 0.507 e. The normalized spacial score (nSPS) is 10.0. The monoisotopic (exact) mass is 354 g/mol. The number of carbonyl (C=O) groups is 2. The molecule has 0 atom stereocenters. The van der Waals surface area contributed by atoms with E-state index in [1.54, 1.807) is 18.2 Å². The van der Waals surface area contributed by atoms with Crippen LogP contribution in [-0.2, 0) is 4.79 Å². The van der Waals surface area contributed by atoms with Crippen molar-refractivity contribution in [2.75, 3.05) is 6.61 Å². The Balaban J connectivity index is 1.85. The molecule has 0 aliphatic carbocycles. The number of nitrogens with one attached hydrogen (secondary N) is 2. The summed E-state index contributed by atoms with van der Waals surface area (Å²) in [6, 6.07) is 10.5. The van der Waals surface area contributed by atoms with Crippen LogP contribution in [0.4, 0.5) is 0 Å². The van der Waals surface area contributed by atoms with Crippen LogP contribution in [0.15, 0.2) is 42.5 Å². The van der Waals surface area contributed by atoms with Gasteiger partial charge in [0.15, 0.2) is 6.61 Å². The number of hydrazine groups is 1. The second-order valence-electron chi connectivity index (χ2n) is 4.38. The Labute approximate surface area is 141 Å². The van der Waals surface area contributed by atoms with Gasteiger partial charge in [-0.05, 0) is 24.3 Å². The van der Waals surface area contributed by atoms with E-state index in [-0.39, 0.29) is 23.7 Å². The standard InChI is InChI=1S/C15H12Cl2N2O4/c16-9-5-6-11(17)13(7-9)23-8-14(21)18-19-15(22)10-3-1-2-4-12(10)20/h1-7,20H,8H2,(H,18,21)(H,19,22). The van der Waals surface area contributed by atoms with Crippen LogP contribution < -0.4 is 15.6 Å². The van der Waals surface area contributed by atoms with Gasteiger partial charge >= 0.3 is 0 Å². The van der Waals surface area contributed by atoms with Crippen LogP contribution in [0.1, 0.15) is 10.4 Å². The third-order valence-electron chi connectivity index (χ3n) is 2.72. The quantitative estimate of drug-likeness (QED) is 0.736. The van der Waals surface area contributed by atoms with Crippen molar-refractivity contribution < 1.29 is 19.4 Å². The average molecular weight is 355 g/mol. The topological polar surface area (TPSA) is 87.7 Å². The van der Waals surface area contributed by atoms with Crippen LogP contribution in [0.2, 0.25) is 10.0 Å². The maximum atomic E-state index is 11.8. The van der Waals surface area contributed by atoms with E-state index in [1.165, 1.54) is 24.3 Å². The lowest BCUT2D eigenvalue weighted by molar-refractivity contribution is -0.123. The summed E-state index contributed by atoms with van der Waals surface area (Å²) >= 11 is 11.7. The van der Waals surface area contributed by atoms with E-state index in [0.717, 1.165) is 0 Å². The molecule has 0 heterocycles. The molecule has 0 aliphatic heterocycles. The van der Waals surface area contributed by atoms with Crippen molar-refractivity contribution in [2.45, 2.75) is 0 Å². The van der Waals surface area contributed by atoms with E-state index in [0.29, 0.717) is 10.0 Å². The number of halogens is 2. The molecule has 120 valence electrons. The van der Waals surface area contributed by atoms with E-state index in [2.05, 4.69) is 10.9 Å². The fraction of sp³-hybridized carbons (Fsp3) is 0.0667. The molecule has 0 bridgehead atoms. The minimum absolute atomic E-state index is 0.0339. The summed E-state index contributed by atoms with van der Waals surface area (Å²) in [7, 11) is 0. The maximum absolute atomic E-state index is 11.8. The molecule has 0 saturated carbocycles. The molecule has 23 heavy (non-hydrogen) atoms. The van der Waals surface area contributed by atoms with Crippen molar-refractivity contribution in [1.29, 1.82) is 0 Å². The molecule has 3 N–H and O–H groups in total.